The van der Waals surface area contributed by atoms with E-state index in [1.165, 1.54) is 54.7 Å². The van der Waals surface area contributed by atoms with Gasteiger partial charge in [0.1, 0.15) is 8.80 Å². The second-order valence-corrected chi connectivity index (χ2v) is 12.1. The molecule has 0 aliphatic carbocycles. The largest absolute Gasteiger partial charge is 0.208 e. The molecule has 0 spiro atoms. The molecular formula is C31H34BSi. The van der Waals surface area contributed by atoms with Crippen LogP contribution in [0.3, 0.4) is 0 Å². The lowest BCUT2D eigenvalue weighted by atomic mass is 9.39. The van der Waals surface area contributed by atoms with E-state index in [9.17, 15) is 0 Å². The molecule has 0 bridgehead atoms. The third-order valence-electron chi connectivity index (χ3n) is 6.83. The van der Waals surface area contributed by atoms with Gasteiger partial charge in [0.05, 0.1) is 0 Å². The first-order valence-corrected chi connectivity index (χ1v) is 13.7. The van der Waals surface area contributed by atoms with Crippen LogP contribution in [0.25, 0.3) is 0 Å². The maximum absolute atomic E-state index is 2.37. The number of benzene rings is 4. The maximum Gasteiger partial charge on any atom is 0.208 e. The van der Waals surface area contributed by atoms with Gasteiger partial charge in [0, 0.05) is 0 Å². The molecule has 0 aliphatic rings. The number of rotatable bonds is 6. The fourth-order valence-electron chi connectivity index (χ4n) is 5.72. The van der Waals surface area contributed by atoms with Gasteiger partial charge in [-0.1, -0.05) is 146 Å². The molecule has 1 radical (unpaired) electrons. The van der Waals surface area contributed by atoms with Gasteiger partial charge in [0.2, 0.25) is 6.71 Å². The number of aryl methyl sites for hydroxylation is 6. The summed E-state index contributed by atoms with van der Waals surface area (Å²) in [5, 5.41) is 2.98. The van der Waals surface area contributed by atoms with Gasteiger partial charge < -0.3 is 0 Å². The maximum atomic E-state index is 2.37. The van der Waals surface area contributed by atoms with E-state index in [-0.39, 0.29) is 0 Å². The third kappa shape index (κ3) is 5.07. The summed E-state index contributed by atoms with van der Waals surface area (Å²) < 4.78 is 0. The first kappa shape index (κ1) is 23.3. The molecule has 4 rings (SSSR count). The van der Waals surface area contributed by atoms with E-state index >= 15 is 0 Å². The van der Waals surface area contributed by atoms with Gasteiger partial charge in [0.25, 0.3) is 0 Å². The lowest BCUT2D eigenvalue weighted by molar-refractivity contribution is 1.33. The van der Waals surface area contributed by atoms with Crippen molar-refractivity contribution in [1.29, 1.82) is 0 Å². The summed E-state index contributed by atoms with van der Waals surface area (Å²) in [6.07, 6.45) is 0. The van der Waals surface area contributed by atoms with Crippen molar-refractivity contribution in [3.8, 4) is 0 Å². The molecular weight excluding hydrogens is 411 g/mol. The minimum Gasteiger partial charge on any atom is -0.0687 e. The van der Waals surface area contributed by atoms with Crippen LogP contribution in [0.1, 0.15) is 33.4 Å². The van der Waals surface area contributed by atoms with Crippen molar-refractivity contribution in [1.82, 2.24) is 0 Å². The van der Waals surface area contributed by atoms with Crippen LogP contribution >= 0.6 is 0 Å². The van der Waals surface area contributed by atoms with Crippen molar-refractivity contribution in [2.24, 2.45) is 0 Å². The van der Waals surface area contributed by atoms with E-state index in [1.807, 2.05) is 0 Å². The van der Waals surface area contributed by atoms with E-state index in [0.29, 0.717) is 6.71 Å². The lowest BCUT2D eigenvalue weighted by Gasteiger charge is -2.27. The summed E-state index contributed by atoms with van der Waals surface area (Å²) in [5.74, 6) is 1.15. The van der Waals surface area contributed by atoms with E-state index in [0.717, 1.165) is 5.94 Å². The van der Waals surface area contributed by atoms with Crippen LogP contribution in [0.2, 0.25) is 5.94 Å². The van der Waals surface area contributed by atoms with E-state index in [1.54, 1.807) is 0 Å². The lowest BCUT2D eigenvalue weighted by Crippen LogP contribution is -2.55. The molecule has 0 saturated heterocycles. The van der Waals surface area contributed by atoms with Crippen LogP contribution < -0.4 is 21.3 Å². The first-order valence-electron chi connectivity index (χ1n) is 12.0. The molecule has 165 valence electrons. The highest BCUT2D eigenvalue weighted by Gasteiger charge is 2.31. The minimum absolute atomic E-state index is 0.375. The van der Waals surface area contributed by atoms with Crippen LogP contribution in [0, 0.1) is 41.5 Å². The topological polar surface area (TPSA) is 0 Å². The van der Waals surface area contributed by atoms with Crippen LogP contribution in [0.4, 0.5) is 0 Å². The molecule has 4 aromatic carbocycles. The van der Waals surface area contributed by atoms with Crippen LogP contribution in [0.5, 0.6) is 0 Å². The summed E-state index contributed by atoms with van der Waals surface area (Å²) in [5.41, 5.74) is 11.4. The predicted octanol–water partition coefficient (Wildman–Crippen LogP) is 4.99. The fourth-order valence-corrected chi connectivity index (χ4v) is 8.53. The van der Waals surface area contributed by atoms with Crippen molar-refractivity contribution in [2.45, 2.75) is 47.5 Å². The van der Waals surface area contributed by atoms with Gasteiger partial charge in [-0.25, -0.2) is 0 Å². The Morgan fingerprint density at radius 3 is 1.18 bits per heavy atom. The average Bonchev–Trinajstić information content (AvgIpc) is 2.77. The summed E-state index contributed by atoms with van der Waals surface area (Å²) in [4.78, 5) is 0. The Balaban J connectivity index is 1.93. The standard InChI is InChI=1S/C31H34BSi/c1-22-17-24(3)30(25(4)18-22)32(31-26(5)19-23(2)20-27(31)6)21-33(28-13-9-7-10-14-28)29-15-11-8-12-16-29/h7-20H,21H2,1-6H3. The first-order chi connectivity index (χ1) is 15.8. The Morgan fingerprint density at radius 1 is 0.515 bits per heavy atom. The van der Waals surface area contributed by atoms with E-state index in [4.69, 9.17) is 0 Å². The van der Waals surface area contributed by atoms with Gasteiger partial charge >= 0.3 is 0 Å². The van der Waals surface area contributed by atoms with E-state index in [2.05, 4.69) is 126 Å². The number of hydrogen-bond donors (Lipinski definition) is 0. The summed E-state index contributed by atoms with van der Waals surface area (Å²) in [7, 11) is -0.979. The molecule has 0 nitrogen and oxygen atoms in total. The van der Waals surface area contributed by atoms with Crippen LogP contribution in [-0.2, 0) is 0 Å². The molecule has 33 heavy (non-hydrogen) atoms. The molecule has 0 aliphatic heterocycles. The van der Waals surface area contributed by atoms with Crippen molar-refractivity contribution in [2.75, 3.05) is 0 Å². The molecule has 4 aromatic rings. The third-order valence-corrected chi connectivity index (χ3v) is 9.70. The number of hydrogen-bond acceptors (Lipinski definition) is 0. The zero-order valence-corrected chi connectivity index (χ0v) is 21.9. The molecule has 0 unspecified atom stereocenters. The van der Waals surface area contributed by atoms with Gasteiger partial charge in [0.15, 0.2) is 0 Å². The summed E-state index contributed by atoms with van der Waals surface area (Å²) >= 11 is 0. The van der Waals surface area contributed by atoms with Gasteiger partial charge in [-0.15, -0.1) is 0 Å². The van der Waals surface area contributed by atoms with Crippen LogP contribution in [0.15, 0.2) is 84.9 Å². The minimum atomic E-state index is -0.979. The van der Waals surface area contributed by atoms with Crippen molar-refractivity contribution in [3.05, 3.63) is 118 Å². The highest BCUT2D eigenvalue weighted by Crippen LogP contribution is 2.15. The summed E-state index contributed by atoms with van der Waals surface area (Å²) in [6.45, 7) is 14.0. The zero-order valence-electron chi connectivity index (χ0n) is 20.9. The molecule has 0 saturated carbocycles. The quantitative estimate of drug-likeness (QED) is 0.367. The SMILES string of the molecule is Cc1cc(C)c(B(C[Si](c2ccccc2)c2ccccc2)c2c(C)cc(C)cc2C)c(C)c1. The smallest absolute Gasteiger partial charge is 0.0687 e. The molecule has 0 atom stereocenters. The normalized spacial score (nSPS) is 11.1. The van der Waals surface area contributed by atoms with Crippen molar-refractivity contribution in [3.63, 3.8) is 0 Å². The van der Waals surface area contributed by atoms with Gasteiger partial charge in [-0.2, -0.15) is 0 Å². The summed E-state index contributed by atoms with van der Waals surface area (Å²) in [6, 6.07) is 31.9. The second kappa shape index (κ2) is 9.97. The van der Waals surface area contributed by atoms with Gasteiger partial charge in [-0.05, 0) is 41.5 Å². The second-order valence-electron chi connectivity index (χ2n) is 9.59. The Morgan fingerprint density at radius 2 is 0.848 bits per heavy atom. The van der Waals surface area contributed by atoms with Crippen LogP contribution in [-0.4, -0.2) is 15.5 Å². The zero-order chi connectivity index (χ0) is 23.5. The predicted molar refractivity (Wildman–Crippen MR) is 149 cm³/mol. The van der Waals surface area contributed by atoms with E-state index < -0.39 is 8.80 Å². The molecule has 0 amide bonds. The molecule has 2 heteroatoms. The molecule has 0 N–H and O–H groups in total. The average molecular weight is 446 g/mol. The van der Waals surface area contributed by atoms with Crippen molar-refractivity contribution >= 4 is 36.8 Å². The van der Waals surface area contributed by atoms with Gasteiger partial charge in [-0.3, -0.25) is 0 Å². The Hall–Kier alpha value is -2.84. The Labute approximate surface area is 202 Å². The Bertz CT molecular complexity index is 1100. The molecule has 0 heterocycles. The Kier molecular flexibility index (Phi) is 7.05. The van der Waals surface area contributed by atoms with Crippen molar-refractivity contribution < 1.29 is 0 Å². The highest BCUT2D eigenvalue weighted by atomic mass is 28.3. The fraction of sp³-hybridized carbons (Fsp3) is 0.226. The molecule has 0 aromatic heterocycles. The molecule has 0 fully saturated rings. The highest BCUT2D eigenvalue weighted by molar-refractivity contribution is 7.01. The monoisotopic (exact) mass is 445 g/mol.